The molecule has 1 N–H and O–H groups in total. The van der Waals surface area contributed by atoms with Crippen molar-refractivity contribution in [2.45, 2.75) is 0 Å². The Kier molecular flexibility index (Phi) is 1.69. The van der Waals surface area contributed by atoms with E-state index in [0.717, 1.165) is 13.1 Å². The zero-order valence-electron chi connectivity index (χ0n) is 6.95. The van der Waals surface area contributed by atoms with Crippen molar-refractivity contribution in [1.29, 1.82) is 0 Å². The Balaban J connectivity index is 2.13. The molecular formula is C8H11N3O. The number of carbonyl (C=O) groups excluding carboxylic acids is 1. The average molecular weight is 165 g/mol. The molecule has 1 aliphatic heterocycles. The van der Waals surface area contributed by atoms with Crippen LogP contribution < -0.4 is 5.32 Å². The van der Waals surface area contributed by atoms with Crippen LogP contribution in [0.3, 0.4) is 0 Å². The van der Waals surface area contributed by atoms with Crippen LogP contribution in [0, 0.1) is 5.92 Å². The van der Waals surface area contributed by atoms with Crippen LogP contribution in [0.15, 0.2) is 12.5 Å². The van der Waals surface area contributed by atoms with Crippen molar-refractivity contribution in [2.24, 2.45) is 13.0 Å². The van der Waals surface area contributed by atoms with Gasteiger partial charge in [0.15, 0.2) is 5.78 Å². The van der Waals surface area contributed by atoms with E-state index in [1.54, 1.807) is 17.1 Å². The molecule has 0 spiro atoms. The Morgan fingerprint density at radius 1 is 1.75 bits per heavy atom. The summed E-state index contributed by atoms with van der Waals surface area (Å²) in [5.41, 5.74) is 0.587. The number of carbonyl (C=O) groups is 1. The number of ketones is 1. The number of nitrogens with zero attached hydrogens (tertiary/aromatic N) is 2. The van der Waals surface area contributed by atoms with Gasteiger partial charge in [-0.2, -0.15) is 0 Å². The highest BCUT2D eigenvalue weighted by Gasteiger charge is 2.26. The van der Waals surface area contributed by atoms with Gasteiger partial charge in [0, 0.05) is 32.3 Å². The number of aryl methyl sites for hydroxylation is 1. The fourth-order valence-electron chi connectivity index (χ4n) is 1.22. The van der Waals surface area contributed by atoms with Gasteiger partial charge in [-0.05, 0) is 0 Å². The first-order valence-electron chi connectivity index (χ1n) is 4.00. The molecule has 0 unspecified atom stereocenters. The number of rotatable bonds is 2. The first-order chi connectivity index (χ1) is 5.77. The molecule has 1 aromatic heterocycles. The Morgan fingerprint density at radius 2 is 2.50 bits per heavy atom. The lowest BCUT2D eigenvalue weighted by molar-refractivity contribution is 0.0873. The summed E-state index contributed by atoms with van der Waals surface area (Å²) in [5.74, 6) is 0.314. The second-order valence-corrected chi connectivity index (χ2v) is 3.14. The monoisotopic (exact) mass is 165 g/mol. The highest BCUT2D eigenvalue weighted by Crippen LogP contribution is 2.10. The molecule has 2 heterocycles. The summed E-state index contributed by atoms with van der Waals surface area (Å²) in [6, 6.07) is 0. The van der Waals surface area contributed by atoms with Gasteiger partial charge < -0.3 is 9.88 Å². The molecule has 1 saturated heterocycles. The minimum Gasteiger partial charge on any atom is -0.340 e. The van der Waals surface area contributed by atoms with Crippen LogP contribution in [0.2, 0.25) is 0 Å². The molecule has 4 nitrogen and oxygen atoms in total. The average Bonchev–Trinajstić information content (AvgIpc) is 2.31. The van der Waals surface area contributed by atoms with Crippen LogP contribution in [0.25, 0.3) is 0 Å². The largest absolute Gasteiger partial charge is 0.340 e. The summed E-state index contributed by atoms with van der Waals surface area (Å²) in [5, 5.41) is 3.06. The SMILES string of the molecule is Cn1cnc(C(=O)C2CNC2)c1. The lowest BCUT2D eigenvalue weighted by Gasteiger charge is -2.24. The predicted molar refractivity (Wildman–Crippen MR) is 43.9 cm³/mol. The molecule has 1 aliphatic rings. The Bertz CT molecular complexity index is 301. The van der Waals surface area contributed by atoms with Gasteiger partial charge >= 0.3 is 0 Å². The summed E-state index contributed by atoms with van der Waals surface area (Å²) in [4.78, 5) is 15.5. The molecule has 12 heavy (non-hydrogen) atoms. The summed E-state index contributed by atoms with van der Waals surface area (Å²) < 4.78 is 1.79. The maximum atomic E-state index is 11.5. The van der Waals surface area contributed by atoms with E-state index in [2.05, 4.69) is 10.3 Å². The maximum absolute atomic E-state index is 11.5. The number of hydrogen-bond acceptors (Lipinski definition) is 3. The quantitative estimate of drug-likeness (QED) is 0.618. The van der Waals surface area contributed by atoms with Gasteiger partial charge in [0.2, 0.25) is 0 Å². The zero-order chi connectivity index (χ0) is 8.55. The Hall–Kier alpha value is -1.16. The maximum Gasteiger partial charge on any atom is 0.188 e. The van der Waals surface area contributed by atoms with Gasteiger partial charge in [-0.15, -0.1) is 0 Å². The molecule has 0 bridgehead atoms. The second kappa shape index (κ2) is 2.71. The van der Waals surface area contributed by atoms with Crippen molar-refractivity contribution in [3.63, 3.8) is 0 Å². The molecule has 0 aromatic carbocycles. The van der Waals surface area contributed by atoms with E-state index in [0.29, 0.717) is 5.69 Å². The van der Waals surface area contributed by atoms with E-state index in [1.165, 1.54) is 0 Å². The third kappa shape index (κ3) is 1.14. The molecule has 0 radical (unpaired) electrons. The lowest BCUT2D eigenvalue weighted by Crippen LogP contribution is -2.46. The molecule has 1 fully saturated rings. The van der Waals surface area contributed by atoms with Gasteiger partial charge in [-0.25, -0.2) is 4.98 Å². The number of nitrogens with one attached hydrogen (secondary N) is 1. The third-order valence-corrected chi connectivity index (χ3v) is 2.11. The van der Waals surface area contributed by atoms with E-state index in [9.17, 15) is 4.79 Å². The van der Waals surface area contributed by atoms with Gasteiger partial charge in [0.25, 0.3) is 0 Å². The minimum absolute atomic E-state index is 0.153. The number of Topliss-reactive ketones (excluding diaryl/α,β-unsaturated/α-hetero) is 1. The van der Waals surface area contributed by atoms with Crippen LogP contribution in [0.4, 0.5) is 0 Å². The molecule has 2 rings (SSSR count). The van der Waals surface area contributed by atoms with Crippen LogP contribution in [-0.4, -0.2) is 28.4 Å². The van der Waals surface area contributed by atoms with Crippen molar-refractivity contribution in [3.05, 3.63) is 18.2 Å². The number of imidazole rings is 1. The number of aromatic nitrogens is 2. The van der Waals surface area contributed by atoms with Crippen molar-refractivity contribution in [1.82, 2.24) is 14.9 Å². The molecule has 0 amide bonds. The van der Waals surface area contributed by atoms with E-state index < -0.39 is 0 Å². The normalized spacial score (nSPS) is 17.4. The van der Waals surface area contributed by atoms with Crippen LogP contribution in [0.5, 0.6) is 0 Å². The zero-order valence-corrected chi connectivity index (χ0v) is 6.95. The van der Waals surface area contributed by atoms with E-state index in [-0.39, 0.29) is 11.7 Å². The van der Waals surface area contributed by atoms with E-state index in [1.807, 2.05) is 7.05 Å². The molecule has 64 valence electrons. The van der Waals surface area contributed by atoms with Gasteiger partial charge in [0.05, 0.1) is 6.33 Å². The van der Waals surface area contributed by atoms with Crippen LogP contribution >= 0.6 is 0 Å². The predicted octanol–water partition coefficient (Wildman–Crippen LogP) is -0.178. The van der Waals surface area contributed by atoms with Crippen LogP contribution in [-0.2, 0) is 7.05 Å². The summed E-state index contributed by atoms with van der Waals surface area (Å²) >= 11 is 0. The van der Waals surface area contributed by atoms with Crippen molar-refractivity contribution >= 4 is 5.78 Å². The number of hydrogen-bond donors (Lipinski definition) is 1. The van der Waals surface area contributed by atoms with Crippen molar-refractivity contribution in [2.75, 3.05) is 13.1 Å². The first-order valence-corrected chi connectivity index (χ1v) is 4.00. The Labute approximate surface area is 70.6 Å². The fraction of sp³-hybridized carbons (Fsp3) is 0.500. The molecule has 4 heteroatoms. The molecular weight excluding hydrogens is 154 g/mol. The molecule has 0 atom stereocenters. The van der Waals surface area contributed by atoms with E-state index >= 15 is 0 Å². The Morgan fingerprint density at radius 3 is 2.92 bits per heavy atom. The highest BCUT2D eigenvalue weighted by atomic mass is 16.1. The van der Waals surface area contributed by atoms with Gasteiger partial charge in [-0.1, -0.05) is 0 Å². The summed E-state index contributed by atoms with van der Waals surface area (Å²) in [6.45, 7) is 1.60. The first kappa shape index (κ1) is 7.49. The minimum atomic E-state index is 0.153. The highest BCUT2D eigenvalue weighted by molar-refractivity contribution is 5.96. The molecule has 1 aromatic rings. The smallest absolute Gasteiger partial charge is 0.188 e. The molecule has 0 saturated carbocycles. The second-order valence-electron chi connectivity index (χ2n) is 3.14. The topological polar surface area (TPSA) is 46.9 Å². The fourth-order valence-corrected chi connectivity index (χ4v) is 1.22. The van der Waals surface area contributed by atoms with E-state index in [4.69, 9.17) is 0 Å². The van der Waals surface area contributed by atoms with Crippen molar-refractivity contribution in [3.8, 4) is 0 Å². The standard InChI is InChI=1S/C8H11N3O/c1-11-4-7(10-5-11)8(12)6-2-9-3-6/h4-6,9H,2-3H2,1H3. The van der Waals surface area contributed by atoms with Gasteiger partial charge in [-0.3, -0.25) is 4.79 Å². The summed E-state index contributed by atoms with van der Waals surface area (Å²) in [7, 11) is 1.86. The third-order valence-electron chi connectivity index (χ3n) is 2.11. The van der Waals surface area contributed by atoms with Crippen LogP contribution in [0.1, 0.15) is 10.5 Å². The molecule has 0 aliphatic carbocycles. The lowest BCUT2D eigenvalue weighted by atomic mass is 9.96. The van der Waals surface area contributed by atoms with Crippen molar-refractivity contribution < 1.29 is 4.79 Å². The summed E-state index contributed by atoms with van der Waals surface area (Å²) in [6.07, 6.45) is 3.42. The van der Waals surface area contributed by atoms with Gasteiger partial charge in [0.1, 0.15) is 5.69 Å².